The highest BCUT2D eigenvalue weighted by molar-refractivity contribution is 5.93. The summed E-state index contributed by atoms with van der Waals surface area (Å²) in [5.74, 6) is 1.28. The monoisotopic (exact) mass is 501 g/mol. The predicted molar refractivity (Wildman–Crippen MR) is 139 cm³/mol. The van der Waals surface area contributed by atoms with Gasteiger partial charge in [-0.25, -0.2) is 9.67 Å². The van der Waals surface area contributed by atoms with Gasteiger partial charge in [-0.05, 0) is 46.5 Å². The van der Waals surface area contributed by atoms with Gasteiger partial charge in [0, 0.05) is 55.1 Å². The van der Waals surface area contributed by atoms with Crippen LogP contribution in [0.5, 0.6) is 5.88 Å². The van der Waals surface area contributed by atoms with Crippen molar-refractivity contribution in [3.63, 3.8) is 0 Å². The van der Waals surface area contributed by atoms with Crippen molar-refractivity contribution in [3.8, 4) is 23.2 Å². The molecule has 0 atom stereocenters. The summed E-state index contributed by atoms with van der Waals surface area (Å²) in [6.45, 7) is 6.48. The molecule has 4 aromatic rings. The minimum atomic E-state index is -0.759. The number of fused-ring (bicyclic) bond motifs is 1. The topological polar surface area (TPSA) is 128 Å². The Hall–Kier alpha value is -4.20. The molecule has 192 valence electrons. The van der Waals surface area contributed by atoms with E-state index in [2.05, 4.69) is 37.3 Å². The number of ether oxygens (including phenoxy) is 1. The fraction of sp³-hybridized carbons (Fsp3) is 0.462. The van der Waals surface area contributed by atoms with Crippen LogP contribution in [0.1, 0.15) is 52.5 Å². The van der Waals surface area contributed by atoms with Gasteiger partial charge in [-0.15, -0.1) is 5.10 Å². The van der Waals surface area contributed by atoms with Gasteiger partial charge < -0.3 is 10.1 Å². The molecule has 0 aliphatic heterocycles. The number of nitrogens with one attached hydrogen (secondary N) is 1. The first-order valence-corrected chi connectivity index (χ1v) is 12.6. The minimum absolute atomic E-state index is 0.0352. The first-order valence-electron chi connectivity index (χ1n) is 12.6. The number of hydrogen-bond acceptors (Lipinski definition) is 8. The van der Waals surface area contributed by atoms with E-state index in [-0.39, 0.29) is 17.7 Å². The van der Waals surface area contributed by atoms with Crippen LogP contribution in [0.3, 0.4) is 0 Å². The summed E-state index contributed by atoms with van der Waals surface area (Å²) in [6, 6.07) is 7.64. The zero-order valence-electron chi connectivity index (χ0n) is 21.5. The molecule has 0 saturated heterocycles. The summed E-state index contributed by atoms with van der Waals surface area (Å²) in [4.78, 5) is 16.2. The van der Waals surface area contributed by atoms with Crippen LogP contribution in [0.4, 0.5) is 5.82 Å². The lowest BCUT2D eigenvalue weighted by Gasteiger charge is -2.29. The summed E-state index contributed by atoms with van der Waals surface area (Å²) in [7, 11) is 1.62. The van der Waals surface area contributed by atoms with Crippen LogP contribution >= 0.6 is 0 Å². The lowest BCUT2D eigenvalue weighted by molar-refractivity contribution is 0.123. The molecule has 0 radical (unpaired) electrons. The Kier molecular flexibility index (Phi) is 6.41. The average molecular weight is 502 g/mol. The molecule has 11 nitrogen and oxygen atoms in total. The summed E-state index contributed by atoms with van der Waals surface area (Å²) < 4.78 is 11.1. The van der Waals surface area contributed by atoms with Crippen LogP contribution in [0.25, 0.3) is 22.2 Å². The second-order valence-electron chi connectivity index (χ2n) is 9.94. The molecule has 0 spiro atoms. The first kappa shape index (κ1) is 24.5. The van der Waals surface area contributed by atoms with E-state index in [4.69, 9.17) is 9.84 Å². The van der Waals surface area contributed by atoms with Gasteiger partial charge in [0.15, 0.2) is 0 Å². The number of aryl methyl sites for hydroxylation is 1. The van der Waals surface area contributed by atoms with Crippen LogP contribution in [0, 0.1) is 11.3 Å². The molecule has 0 unspecified atom stereocenters. The van der Waals surface area contributed by atoms with Gasteiger partial charge in [-0.2, -0.15) is 15.5 Å². The van der Waals surface area contributed by atoms with Gasteiger partial charge in [0.2, 0.25) is 5.88 Å². The van der Waals surface area contributed by atoms with Crippen molar-refractivity contribution in [2.45, 2.75) is 64.1 Å². The third-order valence-electron chi connectivity index (χ3n) is 6.87. The Morgan fingerprint density at radius 1 is 1.19 bits per heavy atom. The molecule has 1 aliphatic rings. The van der Waals surface area contributed by atoms with Crippen molar-refractivity contribution in [2.75, 3.05) is 11.9 Å². The molecular formula is C26H31N9O2. The van der Waals surface area contributed by atoms with E-state index in [1.165, 1.54) is 10.7 Å². The maximum Gasteiger partial charge on any atom is 0.266 e. The number of pyridine rings is 1. The van der Waals surface area contributed by atoms with E-state index in [0.717, 1.165) is 60.2 Å². The largest absolute Gasteiger partial charge is 0.473 e. The summed E-state index contributed by atoms with van der Waals surface area (Å²) >= 11 is 0. The SMILES string of the molecule is CCNc1cc2c(cn1)c(-c1cnn(C(C)(C)C#N)c1)nn2[C@H]1CC[C@@H](Oc2ccc(=O)n(C)n2)CC1. The number of hydrogen-bond donors (Lipinski definition) is 1. The fourth-order valence-electron chi connectivity index (χ4n) is 4.73. The van der Waals surface area contributed by atoms with Gasteiger partial charge in [-0.1, -0.05) is 0 Å². The highest BCUT2D eigenvalue weighted by Gasteiger charge is 2.28. The normalized spacial score (nSPS) is 18.0. The molecule has 0 amide bonds. The molecule has 1 saturated carbocycles. The standard InChI is InChI=1S/C26H31N9O2/c1-5-28-22-12-21-20(14-29-22)25(17-13-30-34(15-17)26(2,3)16-27)32-35(21)18-6-8-19(9-7-18)37-23-10-11-24(36)33(4)31-23/h10-15,18-19H,5-9H2,1-4H3,(H,28,29)/t18-,19+. The van der Waals surface area contributed by atoms with Crippen LogP contribution < -0.4 is 15.6 Å². The average Bonchev–Trinajstić information content (AvgIpc) is 3.53. The second-order valence-corrected chi connectivity index (χ2v) is 9.94. The number of aromatic nitrogens is 7. The van der Waals surface area contributed by atoms with E-state index < -0.39 is 5.54 Å². The van der Waals surface area contributed by atoms with E-state index in [9.17, 15) is 10.1 Å². The lowest BCUT2D eigenvalue weighted by Crippen LogP contribution is -2.27. The van der Waals surface area contributed by atoms with Crippen molar-refractivity contribution in [1.82, 2.24) is 34.3 Å². The molecule has 4 aromatic heterocycles. The molecule has 11 heteroatoms. The molecule has 4 heterocycles. The molecule has 5 rings (SSSR count). The summed E-state index contributed by atoms with van der Waals surface area (Å²) in [5, 5.41) is 27.5. The van der Waals surface area contributed by atoms with E-state index in [1.807, 2.05) is 33.2 Å². The van der Waals surface area contributed by atoms with Crippen molar-refractivity contribution in [3.05, 3.63) is 47.1 Å². The zero-order chi connectivity index (χ0) is 26.2. The first-order chi connectivity index (χ1) is 17.8. The van der Waals surface area contributed by atoms with Crippen molar-refractivity contribution in [1.29, 1.82) is 5.26 Å². The van der Waals surface area contributed by atoms with Crippen LogP contribution in [-0.4, -0.2) is 47.0 Å². The highest BCUT2D eigenvalue weighted by atomic mass is 16.5. The van der Waals surface area contributed by atoms with Crippen molar-refractivity contribution in [2.24, 2.45) is 7.05 Å². The molecular weight excluding hydrogens is 470 g/mol. The Balaban J connectivity index is 1.43. The van der Waals surface area contributed by atoms with Crippen LogP contribution in [-0.2, 0) is 12.6 Å². The zero-order valence-corrected chi connectivity index (χ0v) is 21.5. The number of rotatable bonds is 7. The lowest BCUT2D eigenvalue weighted by atomic mass is 9.93. The maximum absolute atomic E-state index is 11.6. The fourth-order valence-corrected chi connectivity index (χ4v) is 4.73. The number of anilines is 1. The molecule has 37 heavy (non-hydrogen) atoms. The Morgan fingerprint density at radius 3 is 2.68 bits per heavy atom. The quantitative estimate of drug-likeness (QED) is 0.406. The number of nitrogens with zero attached hydrogens (tertiary/aromatic N) is 8. The van der Waals surface area contributed by atoms with Gasteiger partial charge in [0.05, 0.1) is 23.8 Å². The Morgan fingerprint density at radius 2 is 1.97 bits per heavy atom. The Labute approximate surface area is 214 Å². The molecule has 1 N–H and O–H groups in total. The van der Waals surface area contributed by atoms with Crippen molar-refractivity contribution >= 4 is 16.7 Å². The highest BCUT2D eigenvalue weighted by Crippen LogP contribution is 2.36. The molecule has 0 aromatic carbocycles. The predicted octanol–water partition coefficient (Wildman–Crippen LogP) is 3.64. The molecule has 1 aliphatic carbocycles. The summed E-state index contributed by atoms with van der Waals surface area (Å²) in [5.41, 5.74) is 1.75. The smallest absolute Gasteiger partial charge is 0.266 e. The van der Waals surface area contributed by atoms with Gasteiger partial charge in [0.25, 0.3) is 5.56 Å². The number of nitriles is 1. The Bertz CT molecular complexity index is 1520. The van der Waals surface area contributed by atoms with E-state index >= 15 is 0 Å². The summed E-state index contributed by atoms with van der Waals surface area (Å²) in [6.07, 6.45) is 9.02. The second kappa shape index (κ2) is 9.69. The molecule has 0 bridgehead atoms. The van der Waals surface area contributed by atoms with Crippen LogP contribution in [0.15, 0.2) is 41.6 Å². The third kappa shape index (κ3) is 4.79. The minimum Gasteiger partial charge on any atom is -0.473 e. The maximum atomic E-state index is 11.6. The van der Waals surface area contributed by atoms with Gasteiger partial charge in [0.1, 0.15) is 23.2 Å². The van der Waals surface area contributed by atoms with Crippen LogP contribution in [0.2, 0.25) is 0 Å². The molecule has 1 fully saturated rings. The van der Waals surface area contributed by atoms with E-state index in [1.54, 1.807) is 24.0 Å². The van der Waals surface area contributed by atoms with E-state index in [0.29, 0.717) is 5.88 Å². The third-order valence-corrected chi connectivity index (χ3v) is 6.87. The van der Waals surface area contributed by atoms with Gasteiger partial charge in [-0.3, -0.25) is 14.2 Å². The van der Waals surface area contributed by atoms with Gasteiger partial charge >= 0.3 is 0 Å². The van der Waals surface area contributed by atoms with Crippen molar-refractivity contribution < 1.29 is 4.74 Å².